The van der Waals surface area contributed by atoms with Gasteiger partial charge in [0.2, 0.25) is 0 Å². The molecule has 0 aliphatic rings. The van der Waals surface area contributed by atoms with Crippen molar-refractivity contribution in [2.75, 3.05) is 20.5 Å². The van der Waals surface area contributed by atoms with Crippen LogP contribution in [0.5, 0.6) is 5.75 Å². The highest BCUT2D eigenvalue weighted by molar-refractivity contribution is 5.33. The molecule has 0 aliphatic heterocycles. The maximum absolute atomic E-state index is 5.82. The van der Waals surface area contributed by atoms with Crippen molar-refractivity contribution in [2.24, 2.45) is 0 Å². The zero-order valence-corrected chi connectivity index (χ0v) is 15.0. The van der Waals surface area contributed by atoms with E-state index in [0.717, 1.165) is 17.7 Å². The Morgan fingerprint density at radius 3 is 2.46 bits per heavy atom. The van der Waals surface area contributed by atoms with Crippen LogP contribution >= 0.6 is 0 Å². The summed E-state index contributed by atoms with van der Waals surface area (Å²) >= 11 is 0. The summed E-state index contributed by atoms with van der Waals surface area (Å²) in [7, 11) is 1.62. The van der Waals surface area contributed by atoms with E-state index in [2.05, 4.69) is 44.2 Å². The summed E-state index contributed by atoms with van der Waals surface area (Å²) in [5.41, 5.74) is 3.75. The van der Waals surface area contributed by atoms with Gasteiger partial charge in [0.15, 0.2) is 6.79 Å². The maximum atomic E-state index is 5.82. The molecule has 2 aromatic carbocycles. The molecule has 0 aromatic heterocycles. The van der Waals surface area contributed by atoms with Gasteiger partial charge in [-0.2, -0.15) is 0 Å². The van der Waals surface area contributed by atoms with Crippen molar-refractivity contribution < 1.29 is 14.2 Å². The molecule has 2 aromatic rings. The molecule has 0 amide bonds. The summed E-state index contributed by atoms with van der Waals surface area (Å²) < 4.78 is 16.4. The molecular weight excluding hydrogens is 300 g/mol. The second-order valence-corrected chi connectivity index (χ2v) is 6.01. The van der Waals surface area contributed by atoms with Gasteiger partial charge in [0.05, 0.1) is 13.2 Å². The summed E-state index contributed by atoms with van der Waals surface area (Å²) in [4.78, 5) is 0. The molecule has 0 aliphatic carbocycles. The molecule has 2 rings (SSSR count). The number of benzene rings is 2. The molecule has 130 valence electrons. The molecular formula is C21H28O3. The molecule has 0 fully saturated rings. The number of hydrogen-bond acceptors (Lipinski definition) is 3. The van der Waals surface area contributed by atoms with Gasteiger partial charge in [-0.15, -0.1) is 0 Å². The van der Waals surface area contributed by atoms with E-state index < -0.39 is 0 Å². The Labute approximate surface area is 145 Å². The number of rotatable bonds is 10. The van der Waals surface area contributed by atoms with Crippen molar-refractivity contribution in [3.8, 4) is 5.75 Å². The Balaban J connectivity index is 1.79. The Bertz CT molecular complexity index is 592. The fourth-order valence-electron chi connectivity index (χ4n) is 2.52. The van der Waals surface area contributed by atoms with E-state index in [0.29, 0.717) is 19.1 Å². The Hall–Kier alpha value is -1.84. The average Bonchev–Trinajstić information content (AvgIpc) is 2.64. The van der Waals surface area contributed by atoms with Gasteiger partial charge in [-0.3, -0.25) is 0 Å². The molecule has 0 heterocycles. The van der Waals surface area contributed by atoms with Crippen LogP contribution in [0.1, 0.15) is 42.9 Å². The normalized spacial score (nSPS) is 12.1. The van der Waals surface area contributed by atoms with Crippen molar-refractivity contribution >= 4 is 0 Å². The van der Waals surface area contributed by atoms with E-state index in [1.165, 1.54) is 17.5 Å². The van der Waals surface area contributed by atoms with Gasteiger partial charge < -0.3 is 14.2 Å². The molecule has 3 nitrogen and oxygen atoms in total. The second kappa shape index (κ2) is 10.1. The quantitative estimate of drug-likeness (QED) is 0.456. The summed E-state index contributed by atoms with van der Waals surface area (Å²) in [5, 5.41) is 0. The first-order chi connectivity index (χ1) is 11.7. The van der Waals surface area contributed by atoms with Crippen molar-refractivity contribution in [1.82, 2.24) is 0 Å². The minimum absolute atomic E-state index is 0.264. The van der Waals surface area contributed by atoms with Crippen LogP contribution < -0.4 is 4.74 Å². The molecule has 24 heavy (non-hydrogen) atoms. The molecule has 0 saturated carbocycles. The third kappa shape index (κ3) is 5.66. The van der Waals surface area contributed by atoms with Crippen molar-refractivity contribution in [1.29, 1.82) is 0 Å². The van der Waals surface area contributed by atoms with E-state index in [9.17, 15) is 0 Å². The predicted molar refractivity (Wildman–Crippen MR) is 97.5 cm³/mol. The van der Waals surface area contributed by atoms with E-state index in [4.69, 9.17) is 14.2 Å². The number of hydrogen-bond donors (Lipinski definition) is 0. The smallest absolute Gasteiger partial charge is 0.188 e. The van der Waals surface area contributed by atoms with Gasteiger partial charge in [-0.05, 0) is 41.5 Å². The summed E-state index contributed by atoms with van der Waals surface area (Å²) in [6.07, 6.45) is 1.99. The van der Waals surface area contributed by atoms with E-state index in [-0.39, 0.29) is 6.79 Å². The zero-order valence-electron chi connectivity index (χ0n) is 15.0. The van der Waals surface area contributed by atoms with Crippen LogP contribution in [-0.2, 0) is 22.5 Å². The Morgan fingerprint density at radius 2 is 1.75 bits per heavy atom. The maximum Gasteiger partial charge on any atom is 0.188 e. The van der Waals surface area contributed by atoms with Gasteiger partial charge in [0.1, 0.15) is 5.75 Å². The minimum atomic E-state index is 0.264. The molecule has 0 radical (unpaired) electrons. The molecule has 1 unspecified atom stereocenters. The zero-order chi connectivity index (χ0) is 17.2. The lowest BCUT2D eigenvalue weighted by Gasteiger charge is -2.12. The summed E-state index contributed by atoms with van der Waals surface area (Å²) in [6.45, 7) is 6.05. The van der Waals surface area contributed by atoms with Gasteiger partial charge in [0, 0.05) is 7.11 Å². The first-order valence-corrected chi connectivity index (χ1v) is 8.60. The van der Waals surface area contributed by atoms with Crippen LogP contribution in [0.3, 0.4) is 0 Å². The van der Waals surface area contributed by atoms with Gasteiger partial charge in [0.25, 0.3) is 0 Å². The lowest BCUT2D eigenvalue weighted by molar-refractivity contribution is 0.0498. The highest BCUT2D eigenvalue weighted by atomic mass is 16.7. The van der Waals surface area contributed by atoms with E-state index in [1.807, 2.05) is 18.2 Å². The van der Waals surface area contributed by atoms with Gasteiger partial charge in [-0.25, -0.2) is 0 Å². The van der Waals surface area contributed by atoms with Crippen molar-refractivity contribution in [3.63, 3.8) is 0 Å². The molecule has 0 spiro atoms. The largest absolute Gasteiger partial charge is 0.467 e. The fourth-order valence-corrected chi connectivity index (χ4v) is 2.52. The Kier molecular flexibility index (Phi) is 7.80. The first-order valence-electron chi connectivity index (χ1n) is 8.60. The van der Waals surface area contributed by atoms with Crippen molar-refractivity contribution in [3.05, 3.63) is 65.2 Å². The standard InChI is InChI=1S/C21H28O3/c1-4-17(2)19-11-9-18(10-12-19)15-23-14-13-20-7-5-6-8-21(20)24-16-22-3/h5-12,17H,4,13-16H2,1-3H3. The summed E-state index contributed by atoms with van der Waals surface area (Å²) in [6, 6.07) is 16.8. The molecule has 3 heteroatoms. The highest BCUT2D eigenvalue weighted by Crippen LogP contribution is 2.20. The monoisotopic (exact) mass is 328 g/mol. The lowest BCUT2D eigenvalue weighted by Crippen LogP contribution is -2.04. The number of para-hydroxylation sites is 1. The molecule has 1 atom stereocenters. The fraction of sp³-hybridized carbons (Fsp3) is 0.429. The average molecular weight is 328 g/mol. The third-order valence-electron chi connectivity index (χ3n) is 4.25. The lowest BCUT2D eigenvalue weighted by atomic mass is 9.98. The van der Waals surface area contributed by atoms with Crippen LogP contribution in [0.25, 0.3) is 0 Å². The van der Waals surface area contributed by atoms with Crippen LogP contribution in [0.4, 0.5) is 0 Å². The third-order valence-corrected chi connectivity index (χ3v) is 4.25. The SMILES string of the molecule is CCC(C)c1ccc(COCCc2ccccc2OCOC)cc1. The second-order valence-electron chi connectivity index (χ2n) is 6.01. The predicted octanol–water partition coefficient (Wildman–Crippen LogP) is 4.94. The minimum Gasteiger partial charge on any atom is -0.467 e. The number of methoxy groups -OCH3 is 1. The van der Waals surface area contributed by atoms with Gasteiger partial charge in [-0.1, -0.05) is 56.3 Å². The van der Waals surface area contributed by atoms with Crippen LogP contribution in [0.15, 0.2) is 48.5 Å². The van der Waals surface area contributed by atoms with Crippen LogP contribution in [0.2, 0.25) is 0 Å². The van der Waals surface area contributed by atoms with Crippen LogP contribution in [-0.4, -0.2) is 20.5 Å². The highest BCUT2D eigenvalue weighted by Gasteiger charge is 2.04. The Morgan fingerprint density at radius 1 is 1.00 bits per heavy atom. The van der Waals surface area contributed by atoms with E-state index >= 15 is 0 Å². The van der Waals surface area contributed by atoms with Crippen LogP contribution in [0, 0.1) is 0 Å². The first kappa shape index (κ1) is 18.5. The van der Waals surface area contributed by atoms with Gasteiger partial charge >= 0.3 is 0 Å². The van der Waals surface area contributed by atoms with E-state index in [1.54, 1.807) is 7.11 Å². The number of ether oxygens (including phenoxy) is 3. The molecule has 0 saturated heterocycles. The molecule has 0 N–H and O–H groups in total. The topological polar surface area (TPSA) is 27.7 Å². The molecule has 0 bridgehead atoms. The summed E-state index contributed by atoms with van der Waals surface area (Å²) in [5.74, 6) is 1.48. The van der Waals surface area contributed by atoms with Crippen molar-refractivity contribution in [2.45, 2.75) is 39.2 Å².